The van der Waals surface area contributed by atoms with Crippen molar-refractivity contribution < 1.29 is 18.1 Å². The van der Waals surface area contributed by atoms with Gasteiger partial charge in [-0.3, -0.25) is 4.79 Å². The van der Waals surface area contributed by atoms with Gasteiger partial charge in [0.25, 0.3) is 5.97 Å². The maximum atomic E-state index is 11.5. The van der Waals surface area contributed by atoms with Crippen LogP contribution < -0.4 is 0 Å². The van der Waals surface area contributed by atoms with Gasteiger partial charge in [0.1, 0.15) is 0 Å². The van der Waals surface area contributed by atoms with Gasteiger partial charge in [-0.25, -0.2) is 0 Å². The molecule has 0 saturated heterocycles. The fourth-order valence-corrected chi connectivity index (χ4v) is 2.16. The summed E-state index contributed by atoms with van der Waals surface area (Å²) in [5.41, 5.74) is 0. The summed E-state index contributed by atoms with van der Waals surface area (Å²) in [5, 5.41) is 0. The molecule has 7 heteroatoms. The molecule has 0 atom stereocenters. The van der Waals surface area contributed by atoms with E-state index in [1.165, 1.54) is 14.2 Å². The van der Waals surface area contributed by atoms with Gasteiger partial charge in [-0.1, -0.05) is 0 Å². The minimum atomic E-state index is -2.74. The van der Waals surface area contributed by atoms with Crippen molar-refractivity contribution in [2.75, 3.05) is 14.2 Å². The summed E-state index contributed by atoms with van der Waals surface area (Å²) in [5.74, 6) is -0.302. The highest BCUT2D eigenvalue weighted by Gasteiger charge is 2.36. The van der Waals surface area contributed by atoms with Crippen molar-refractivity contribution in [3.05, 3.63) is 0 Å². The maximum Gasteiger partial charge on any atom is 0.564 e. The molecule has 0 bridgehead atoms. The molecular formula is C9H20O4S2Si. The molecule has 16 heavy (non-hydrogen) atoms. The first-order valence-electron chi connectivity index (χ1n) is 4.99. The monoisotopic (exact) mass is 284 g/mol. The Balaban J connectivity index is 3.91. The van der Waals surface area contributed by atoms with E-state index in [0.717, 1.165) is 6.42 Å². The van der Waals surface area contributed by atoms with E-state index in [0.29, 0.717) is 12.8 Å². The van der Waals surface area contributed by atoms with Crippen LogP contribution in [-0.4, -0.2) is 33.1 Å². The van der Waals surface area contributed by atoms with Crippen LogP contribution in [-0.2, 0) is 18.1 Å². The molecule has 0 N–H and O–H groups in total. The lowest BCUT2D eigenvalue weighted by Gasteiger charge is -2.22. The Kier molecular flexibility index (Phi) is 7.03. The minimum Gasteiger partial charge on any atom is -0.473 e. The Morgan fingerprint density at radius 2 is 1.81 bits per heavy atom. The molecule has 0 fully saturated rings. The van der Waals surface area contributed by atoms with Gasteiger partial charge >= 0.3 is 8.80 Å². The van der Waals surface area contributed by atoms with Crippen molar-refractivity contribution in [3.63, 3.8) is 0 Å². The summed E-state index contributed by atoms with van der Waals surface area (Å²) in [6.07, 6.45) is 1.73. The van der Waals surface area contributed by atoms with Gasteiger partial charge in [0.2, 0.25) is 0 Å². The van der Waals surface area contributed by atoms with Crippen LogP contribution in [0, 0.1) is 0 Å². The van der Waals surface area contributed by atoms with Crippen LogP contribution >= 0.6 is 25.3 Å². The van der Waals surface area contributed by atoms with E-state index in [4.69, 9.17) is 13.3 Å². The van der Waals surface area contributed by atoms with Gasteiger partial charge in [0.15, 0.2) is 0 Å². The first kappa shape index (κ1) is 16.3. The largest absolute Gasteiger partial charge is 0.564 e. The average molecular weight is 284 g/mol. The SMILES string of the molecule is CO[Si](C)(OC)OC(=O)CCCC(C)(S)S. The molecule has 4 nitrogen and oxygen atoms in total. The second-order valence-corrected chi connectivity index (χ2v) is 8.89. The smallest absolute Gasteiger partial charge is 0.473 e. The number of rotatable bonds is 7. The summed E-state index contributed by atoms with van der Waals surface area (Å²) < 4.78 is 14.9. The normalized spacial score (nSPS) is 12.6. The van der Waals surface area contributed by atoms with E-state index in [1.54, 1.807) is 6.55 Å². The van der Waals surface area contributed by atoms with E-state index in [2.05, 4.69) is 25.3 Å². The molecule has 0 amide bonds. The van der Waals surface area contributed by atoms with Gasteiger partial charge in [0.05, 0.1) is 4.08 Å². The number of carbonyl (C=O) groups excluding carboxylic acids is 1. The zero-order valence-corrected chi connectivity index (χ0v) is 12.9. The van der Waals surface area contributed by atoms with E-state index in [1.807, 2.05) is 6.92 Å². The molecule has 0 unspecified atom stereocenters. The number of hydrogen-bond donors (Lipinski definition) is 2. The second kappa shape index (κ2) is 6.90. The lowest BCUT2D eigenvalue weighted by Crippen LogP contribution is -2.42. The Morgan fingerprint density at radius 1 is 1.31 bits per heavy atom. The molecule has 0 aromatic heterocycles. The summed E-state index contributed by atoms with van der Waals surface area (Å²) >= 11 is 8.50. The Labute approximate surface area is 109 Å². The van der Waals surface area contributed by atoms with Crippen LogP contribution in [0.25, 0.3) is 0 Å². The highest BCUT2D eigenvalue weighted by Crippen LogP contribution is 2.25. The highest BCUT2D eigenvalue weighted by molar-refractivity contribution is 8.00. The predicted molar refractivity (Wildman–Crippen MR) is 72.0 cm³/mol. The molecule has 0 aromatic rings. The molecule has 0 aromatic carbocycles. The predicted octanol–water partition coefficient (Wildman–Crippen LogP) is 2.14. The quantitative estimate of drug-likeness (QED) is 0.427. The molecule has 0 rings (SSSR count). The van der Waals surface area contributed by atoms with E-state index < -0.39 is 8.80 Å². The maximum absolute atomic E-state index is 11.5. The van der Waals surface area contributed by atoms with Crippen LogP contribution in [0.4, 0.5) is 0 Å². The molecule has 0 radical (unpaired) electrons. The van der Waals surface area contributed by atoms with Crippen molar-refractivity contribution in [1.82, 2.24) is 0 Å². The molecule has 0 aliphatic heterocycles. The average Bonchev–Trinajstić information content (AvgIpc) is 2.15. The van der Waals surface area contributed by atoms with Crippen LogP contribution in [0.1, 0.15) is 26.2 Å². The standard InChI is InChI=1S/C9H20O4S2Si/c1-9(14,15)7-5-6-8(10)13-16(4,11-2)12-3/h14-15H,5-7H2,1-4H3. The Bertz CT molecular complexity index is 226. The minimum absolute atomic E-state index is 0.302. The molecule has 0 heterocycles. The topological polar surface area (TPSA) is 44.8 Å². The Hall–Kier alpha value is 0.307. The van der Waals surface area contributed by atoms with Crippen LogP contribution in [0.3, 0.4) is 0 Å². The summed E-state index contributed by atoms with van der Waals surface area (Å²) in [6.45, 7) is 3.56. The third-order valence-corrected chi connectivity index (χ3v) is 4.60. The fourth-order valence-electron chi connectivity index (χ4n) is 0.992. The van der Waals surface area contributed by atoms with Crippen molar-refractivity contribution >= 4 is 40.0 Å². The first-order chi connectivity index (χ1) is 7.22. The van der Waals surface area contributed by atoms with Crippen molar-refractivity contribution in [2.24, 2.45) is 0 Å². The molecule has 0 saturated carbocycles. The third-order valence-electron chi connectivity index (χ3n) is 2.07. The van der Waals surface area contributed by atoms with E-state index in [9.17, 15) is 4.79 Å². The molecule has 0 spiro atoms. The van der Waals surface area contributed by atoms with Crippen LogP contribution in [0.15, 0.2) is 0 Å². The van der Waals surface area contributed by atoms with Gasteiger partial charge in [-0.2, -0.15) is 25.3 Å². The van der Waals surface area contributed by atoms with E-state index in [-0.39, 0.29) is 10.0 Å². The summed E-state index contributed by atoms with van der Waals surface area (Å²) in [4.78, 5) is 11.5. The number of carbonyl (C=O) groups is 1. The highest BCUT2D eigenvalue weighted by atomic mass is 32.2. The van der Waals surface area contributed by atoms with Gasteiger partial charge in [-0.15, -0.1) is 0 Å². The zero-order valence-electron chi connectivity index (χ0n) is 10.1. The van der Waals surface area contributed by atoms with Crippen molar-refractivity contribution in [1.29, 1.82) is 0 Å². The lowest BCUT2D eigenvalue weighted by atomic mass is 10.2. The van der Waals surface area contributed by atoms with E-state index >= 15 is 0 Å². The lowest BCUT2D eigenvalue weighted by molar-refractivity contribution is -0.138. The fraction of sp³-hybridized carbons (Fsp3) is 0.889. The van der Waals surface area contributed by atoms with Crippen LogP contribution in [0.2, 0.25) is 6.55 Å². The third kappa shape index (κ3) is 7.56. The number of thiol groups is 2. The van der Waals surface area contributed by atoms with Crippen LogP contribution in [0.5, 0.6) is 0 Å². The molecule has 0 aliphatic carbocycles. The zero-order chi connectivity index (χ0) is 12.8. The van der Waals surface area contributed by atoms with Gasteiger partial charge < -0.3 is 13.3 Å². The van der Waals surface area contributed by atoms with Gasteiger partial charge in [-0.05, 0) is 19.8 Å². The summed E-state index contributed by atoms with van der Waals surface area (Å²) in [6, 6.07) is 0. The summed E-state index contributed by atoms with van der Waals surface area (Å²) in [7, 11) is 0.203. The molecule has 96 valence electrons. The molecule has 0 aliphatic rings. The number of hydrogen-bond acceptors (Lipinski definition) is 6. The second-order valence-electron chi connectivity index (χ2n) is 3.82. The van der Waals surface area contributed by atoms with Crippen molar-refractivity contribution in [2.45, 2.75) is 36.8 Å². The first-order valence-corrected chi connectivity index (χ1v) is 8.11. The Morgan fingerprint density at radius 3 is 2.19 bits per heavy atom. The molecular weight excluding hydrogens is 264 g/mol. The van der Waals surface area contributed by atoms with Gasteiger partial charge in [0, 0.05) is 27.2 Å². The van der Waals surface area contributed by atoms with Crippen molar-refractivity contribution in [3.8, 4) is 0 Å².